The van der Waals surface area contributed by atoms with Crippen LogP contribution >= 0.6 is 38.9 Å². The summed E-state index contributed by atoms with van der Waals surface area (Å²) in [4.78, 5) is 61.3. The Morgan fingerprint density at radius 1 is 0.981 bits per heavy atom. The molecule has 2 aromatic heterocycles. The van der Waals surface area contributed by atoms with E-state index >= 15 is 4.39 Å². The number of anilines is 2. The van der Waals surface area contributed by atoms with Crippen molar-refractivity contribution in [2.24, 2.45) is 36.1 Å². The van der Waals surface area contributed by atoms with E-state index in [-0.39, 0.29) is 36.0 Å². The van der Waals surface area contributed by atoms with E-state index in [1.54, 1.807) is 50.4 Å². The van der Waals surface area contributed by atoms with Crippen LogP contribution in [-0.2, 0) is 26.2 Å². The highest BCUT2D eigenvalue weighted by Crippen LogP contribution is 2.64. The predicted octanol–water partition coefficient (Wildman–Crippen LogP) is 8.31. The van der Waals surface area contributed by atoms with Crippen LogP contribution in [0.4, 0.5) is 15.9 Å². The number of fused-ring (bicyclic) bond motifs is 5. The molecular formula is C40H31BrClFN4O5S. The average molecular weight is 814 g/mol. The molecule has 1 N–H and O–H groups in total. The molecule has 0 radical (unpaired) electrons. The van der Waals surface area contributed by atoms with Gasteiger partial charge in [-0.25, -0.2) is 9.29 Å². The first kappa shape index (κ1) is 34.1. The first-order valence-corrected chi connectivity index (χ1v) is 19.2. The monoisotopic (exact) mass is 812 g/mol. The molecule has 4 heterocycles. The predicted molar refractivity (Wildman–Crippen MR) is 203 cm³/mol. The highest BCUT2D eigenvalue weighted by Gasteiger charge is 2.68. The number of hydrogen-bond donors (Lipinski definition) is 1. The average Bonchev–Trinajstić information content (AvgIpc) is 3.80. The number of aromatic nitrogens is 2. The van der Waals surface area contributed by atoms with E-state index in [1.165, 1.54) is 27.0 Å². The van der Waals surface area contributed by atoms with E-state index in [1.807, 2.05) is 31.2 Å². The lowest BCUT2D eigenvalue weighted by molar-refractivity contribution is -0.131. The van der Waals surface area contributed by atoms with E-state index < -0.39 is 58.4 Å². The zero-order valence-corrected chi connectivity index (χ0v) is 31.8. The van der Waals surface area contributed by atoms with Gasteiger partial charge in [-0.3, -0.25) is 28.8 Å². The summed E-state index contributed by atoms with van der Waals surface area (Å²) in [7, 11) is 1.67. The molecular weight excluding hydrogens is 783 g/mol. The third-order valence-corrected chi connectivity index (χ3v) is 14.0. The molecule has 3 fully saturated rings. The van der Waals surface area contributed by atoms with E-state index in [0.29, 0.717) is 22.0 Å². The number of phenols is 1. The van der Waals surface area contributed by atoms with Gasteiger partial charge in [0.2, 0.25) is 23.6 Å². The van der Waals surface area contributed by atoms with Crippen LogP contribution in [0.25, 0.3) is 20.7 Å². The lowest BCUT2D eigenvalue weighted by Crippen LogP contribution is -2.49. The van der Waals surface area contributed by atoms with Crippen molar-refractivity contribution in [2.75, 3.05) is 9.80 Å². The summed E-state index contributed by atoms with van der Waals surface area (Å²) in [6.45, 7) is 3.68. The number of imide groups is 2. The number of halogens is 3. The number of phenolic OH excluding ortho intramolecular Hbond substituents is 1. The summed E-state index contributed by atoms with van der Waals surface area (Å²) in [6, 6.07) is 18.5. The first-order chi connectivity index (χ1) is 25.3. The molecule has 2 saturated heterocycles. The maximum Gasteiger partial charge on any atom is 0.242 e. The van der Waals surface area contributed by atoms with Crippen LogP contribution in [0.1, 0.15) is 36.8 Å². The van der Waals surface area contributed by atoms with Crippen LogP contribution in [0, 0.1) is 41.8 Å². The number of para-hydroxylation sites is 1. The normalized spacial score (nSPS) is 26.7. The van der Waals surface area contributed by atoms with Gasteiger partial charge in [-0.2, -0.15) is 5.10 Å². The summed E-state index contributed by atoms with van der Waals surface area (Å²) in [5.74, 6) is -6.93. The van der Waals surface area contributed by atoms with Crippen molar-refractivity contribution >= 4 is 84.1 Å². The van der Waals surface area contributed by atoms with Crippen LogP contribution < -0.4 is 9.80 Å². The minimum absolute atomic E-state index is 0.116. The SMILES string of the molecule is Cc1c(-c2cc(N3C(=O)[C@@H]4C[C@@H]5C(=CC[C@@H]6C(=O)N(c7ccc(Br)cc7)C(=O)[C@@H]65)[C@H](c5cccc(F)c5O)[C@]4(C)C3=O)n(C)n2)sc2ccc(Cl)cc12. The molecule has 2 aliphatic heterocycles. The van der Waals surface area contributed by atoms with Crippen molar-refractivity contribution in [1.29, 1.82) is 0 Å². The van der Waals surface area contributed by atoms with Crippen LogP contribution in [0.3, 0.4) is 0 Å². The van der Waals surface area contributed by atoms with E-state index in [0.717, 1.165) is 36.0 Å². The van der Waals surface area contributed by atoms with Gasteiger partial charge < -0.3 is 5.11 Å². The summed E-state index contributed by atoms with van der Waals surface area (Å²) in [6.07, 6.45) is 2.21. The fourth-order valence-corrected chi connectivity index (χ4v) is 11.0. The maximum atomic E-state index is 15.1. The lowest BCUT2D eigenvalue weighted by Gasteiger charge is -2.49. The number of nitrogens with zero attached hydrogens (tertiary/aromatic N) is 4. The van der Waals surface area contributed by atoms with Gasteiger partial charge in [0.05, 0.1) is 33.7 Å². The number of amides is 4. The molecule has 2 aliphatic carbocycles. The summed E-state index contributed by atoms with van der Waals surface area (Å²) in [5, 5.41) is 17.6. The van der Waals surface area contributed by atoms with E-state index in [4.69, 9.17) is 16.7 Å². The van der Waals surface area contributed by atoms with Gasteiger partial charge in [-0.15, -0.1) is 11.3 Å². The molecule has 4 amide bonds. The minimum atomic E-state index is -1.47. The molecule has 3 aromatic carbocycles. The Hall–Kier alpha value is -4.65. The van der Waals surface area contributed by atoms with Gasteiger partial charge in [-0.05, 0) is 92.1 Å². The number of aryl methyl sites for hydroxylation is 2. The topological polar surface area (TPSA) is 113 Å². The van der Waals surface area contributed by atoms with Gasteiger partial charge in [0.15, 0.2) is 11.6 Å². The molecule has 4 aliphatic rings. The molecule has 0 spiro atoms. The second kappa shape index (κ2) is 11.9. The zero-order chi connectivity index (χ0) is 37.2. The molecule has 0 bridgehead atoms. The number of rotatable bonds is 4. The standard InChI is InChI=1S/C40H31BrClFN4O5S/c1-18-25-15-20(42)9-14-30(25)53-35(18)29-17-31(45(3)44-29)47-37(50)27-16-26-22(33(40(27,2)39(47)52)24-5-4-6-28(43)34(24)48)12-13-23-32(26)38(51)46(36(23)49)21-10-7-19(41)8-11-21/h4-12,14-15,17,23,26-27,32-33,48H,13,16H2,1-3H3/t23-,26+,27-,32-,33+,40+/m0/s1. The van der Waals surface area contributed by atoms with Gasteiger partial charge >= 0.3 is 0 Å². The Labute approximate surface area is 320 Å². The van der Waals surface area contributed by atoms with Crippen LogP contribution in [0.5, 0.6) is 5.75 Å². The van der Waals surface area contributed by atoms with Gasteiger partial charge in [0, 0.05) is 38.8 Å². The quantitative estimate of drug-likeness (QED) is 0.144. The Bertz CT molecular complexity index is 2500. The third-order valence-electron chi connectivity index (χ3n) is 11.9. The van der Waals surface area contributed by atoms with Crippen molar-refractivity contribution in [3.63, 3.8) is 0 Å². The number of carbonyl (C=O) groups excluding carboxylic acids is 4. The second-order valence-corrected chi connectivity index (χ2v) is 16.9. The molecule has 13 heteroatoms. The van der Waals surface area contributed by atoms with Crippen molar-refractivity contribution < 1.29 is 28.7 Å². The first-order valence-electron chi connectivity index (χ1n) is 17.2. The minimum Gasteiger partial charge on any atom is -0.505 e. The number of aromatic hydroxyl groups is 1. The Kier molecular flexibility index (Phi) is 7.68. The Morgan fingerprint density at radius 3 is 2.49 bits per heavy atom. The molecule has 6 atom stereocenters. The molecule has 53 heavy (non-hydrogen) atoms. The van der Waals surface area contributed by atoms with Crippen molar-refractivity contribution in [1.82, 2.24) is 9.78 Å². The third kappa shape index (κ3) is 4.74. The highest BCUT2D eigenvalue weighted by atomic mass is 79.9. The van der Waals surface area contributed by atoms with Crippen LogP contribution in [0.15, 0.2) is 82.9 Å². The summed E-state index contributed by atoms with van der Waals surface area (Å²) < 4.78 is 18.5. The fourth-order valence-electron chi connectivity index (χ4n) is 9.40. The maximum absolute atomic E-state index is 15.1. The Morgan fingerprint density at radius 2 is 1.74 bits per heavy atom. The number of thiophene rings is 1. The molecule has 9 rings (SSSR count). The van der Waals surface area contributed by atoms with Crippen LogP contribution in [-0.4, -0.2) is 38.5 Å². The van der Waals surface area contributed by atoms with Gasteiger partial charge in [0.1, 0.15) is 11.5 Å². The fraction of sp³-hybridized carbons (Fsp3) is 0.275. The van der Waals surface area contributed by atoms with Gasteiger partial charge in [-0.1, -0.05) is 51.3 Å². The number of carbonyl (C=O) groups is 4. The van der Waals surface area contributed by atoms with Crippen molar-refractivity contribution in [3.8, 4) is 16.3 Å². The summed E-state index contributed by atoms with van der Waals surface area (Å²) in [5.41, 5.74) is 1.33. The molecule has 9 nitrogen and oxygen atoms in total. The molecule has 5 aromatic rings. The molecule has 1 saturated carbocycles. The highest BCUT2D eigenvalue weighted by molar-refractivity contribution is 9.10. The van der Waals surface area contributed by atoms with Crippen LogP contribution in [0.2, 0.25) is 5.02 Å². The largest absolute Gasteiger partial charge is 0.505 e. The smallest absolute Gasteiger partial charge is 0.242 e. The number of allylic oxidation sites excluding steroid dienone is 2. The Balaban J connectivity index is 1.16. The second-order valence-electron chi connectivity index (χ2n) is 14.5. The van der Waals surface area contributed by atoms with Crippen molar-refractivity contribution in [3.05, 3.63) is 105 Å². The van der Waals surface area contributed by atoms with E-state index in [2.05, 4.69) is 15.9 Å². The molecule has 268 valence electrons. The van der Waals surface area contributed by atoms with Crippen molar-refractivity contribution in [2.45, 2.75) is 32.6 Å². The lowest BCUT2D eigenvalue weighted by atomic mass is 9.51. The zero-order valence-electron chi connectivity index (χ0n) is 28.6. The number of hydrogen-bond acceptors (Lipinski definition) is 7. The van der Waals surface area contributed by atoms with E-state index in [9.17, 15) is 24.3 Å². The molecule has 0 unspecified atom stereocenters. The summed E-state index contributed by atoms with van der Waals surface area (Å²) >= 11 is 11.2. The van der Waals surface area contributed by atoms with Gasteiger partial charge in [0.25, 0.3) is 0 Å². The number of benzene rings is 3.